The number of rotatable bonds is 7. The lowest BCUT2D eigenvalue weighted by Gasteiger charge is -2.34. The summed E-state index contributed by atoms with van der Waals surface area (Å²) < 4.78 is 18.2. The molecule has 2 aliphatic heterocycles. The highest BCUT2D eigenvalue weighted by atomic mass is 16.8. The molecule has 20 heavy (non-hydrogen) atoms. The van der Waals surface area contributed by atoms with Crippen LogP contribution in [0.2, 0.25) is 0 Å². The maximum absolute atomic E-state index is 6.35. The molecule has 3 nitrogen and oxygen atoms in total. The topological polar surface area (TPSA) is 27.7 Å². The van der Waals surface area contributed by atoms with Gasteiger partial charge in [-0.15, -0.1) is 6.58 Å². The minimum absolute atomic E-state index is 0.0150. The van der Waals surface area contributed by atoms with Crippen LogP contribution in [0.3, 0.4) is 0 Å². The molecule has 0 radical (unpaired) electrons. The third-order valence-corrected chi connectivity index (χ3v) is 4.44. The van der Waals surface area contributed by atoms with Crippen LogP contribution in [0.4, 0.5) is 0 Å². The highest BCUT2D eigenvalue weighted by molar-refractivity contribution is 4.91. The lowest BCUT2D eigenvalue weighted by molar-refractivity contribution is -0.237. The van der Waals surface area contributed by atoms with E-state index in [0.29, 0.717) is 19.3 Å². The van der Waals surface area contributed by atoms with E-state index in [-0.39, 0.29) is 6.10 Å². The normalized spacial score (nSPS) is 29.4. The van der Waals surface area contributed by atoms with Crippen LogP contribution in [0.1, 0.15) is 64.7 Å². The van der Waals surface area contributed by atoms with Gasteiger partial charge in [0.1, 0.15) is 6.10 Å². The van der Waals surface area contributed by atoms with Crippen LogP contribution in [0.15, 0.2) is 12.7 Å². The third-order valence-electron chi connectivity index (χ3n) is 4.44. The molecule has 2 aliphatic rings. The highest BCUT2D eigenvalue weighted by Gasteiger charge is 2.46. The molecule has 0 aromatic rings. The van der Waals surface area contributed by atoms with Gasteiger partial charge in [-0.05, 0) is 25.7 Å². The second-order valence-electron chi connectivity index (χ2n) is 6.02. The standard InChI is InChI=1S/C17H30O3/c1-3-5-6-7-10-15-11-8-12-17(18-13-14-19-17)16(20-15)9-4-2/h4,15-16H,2-3,5-14H2,1H3/t15-,16+/m0/s1. The first kappa shape index (κ1) is 16.0. The number of hydrogen-bond donors (Lipinski definition) is 0. The van der Waals surface area contributed by atoms with Crippen molar-refractivity contribution in [2.75, 3.05) is 13.2 Å². The van der Waals surface area contributed by atoms with Gasteiger partial charge in [0.15, 0.2) is 5.79 Å². The van der Waals surface area contributed by atoms with Crippen LogP contribution in [0.25, 0.3) is 0 Å². The van der Waals surface area contributed by atoms with Gasteiger partial charge in [-0.2, -0.15) is 0 Å². The third kappa shape index (κ3) is 4.06. The fourth-order valence-electron chi connectivity index (χ4n) is 3.34. The van der Waals surface area contributed by atoms with Crippen molar-refractivity contribution in [2.45, 2.75) is 82.7 Å². The van der Waals surface area contributed by atoms with Crippen LogP contribution in [-0.2, 0) is 14.2 Å². The van der Waals surface area contributed by atoms with Crippen molar-refractivity contribution in [2.24, 2.45) is 0 Å². The molecule has 2 rings (SSSR count). The Bertz CT molecular complexity index is 284. The largest absolute Gasteiger partial charge is 0.369 e. The molecule has 0 N–H and O–H groups in total. The molecule has 0 saturated carbocycles. The molecule has 3 heteroatoms. The van der Waals surface area contributed by atoms with Crippen LogP contribution in [0, 0.1) is 0 Å². The van der Waals surface area contributed by atoms with Crippen molar-refractivity contribution < 1.29 is 14.2 Å². The van der Waals surface area contributed by atoms with E-state index in [1.807, 2.05) is 6.08 Å². The van der Waals surface area contributed by atoms with Crippen molar-refractivity contribution in [3.63, 3.8) is 0 Å². The van der Waals surface area contributed by atoms with Gasteiger partial charge in [0, 0.05) is 6.42 Å². The summed E-state index contributed by atoms with van der Waals surface area (Å²) >= 11 is 0. The Morgan fingerprint density at radius 2 is 2.00 bits per heavy atom. The predicted octanol–water partition coefficient (Wildman–Crippen LogP) is 4.21. The van der Waals surface area contributed by atoms with Crippen molar-refractivity contribution in [1.82, 2.24) is 0 Å². The smallest absolute Gasteiger partial charge is 0.195 e. The molecule has 0 aliphatic carbocycles. The number of hydrogen-bond acceptors (Lipinski definition) is 3. The quantitative estimate of drug-likeness (QED) is 0.517. The summed E-state index contributed by atoms with van der Waals surface area (Å²) in [5.74, 6) is -0.494. The van der Waals surface area contributed by atoms with Crippen LogP contribution < -0.4 is 0 Å². The molecular weight excluding hydrogens is 252 g/mol. The lowest BCUT2D eigenvalue weighted by Crippen LogP contribution is -2.44. The monoisotopic (exact) mass is 282 g/mol. The van der Waals surface area contributed by atoms with Crippen molar-refractivity contribution in [3.8, 4) is 0 Å². The molecule has 0 amide bonds. The van der Waals surface area contributed by atoms with E-state index < -0.39 is 5.79 Å². The molecular formula is C17H30O3. The first-order valence-corrected chi connectivity index (χ1v) is 8.35. The number of unbranched alkanes of at least 4 members (excludes halogenated alkanes) is 3. The first-order chi connectivity index (χ1) is 9.80. The molecule has 0 unspecified atom stereocenters. The SMILES string of the molecule is C=CC[C@H]1O[C@@H](CCCCCC)CCCC12OCCO2. The van der Waals surface area contributed by atoms with E-state index in [2.05, 4.69) is 13.5 Å². The zero-order valence-electron chi connectivity index (χ0n) is 12.9. The highest BCUT2D eigenvalue weighted by Crippen LogP contribution is 2.37. The van der Waals surface area contributed by atoms with E-state index in [1.54, 1.807) is 0 Å². The van der Waals surface area contributed by atoms with E-state index in [1.165, 1.54) is 32.1 Å². The van der Waals surface area contributed by atoms with Crippen molar-refractivity contribution >= 4 is 0 Å². The molecule has 2 heterocycles. The fourth-order valence-corrected chi connectivity index (χ4v) is 3.34. The maximum atomic E-state index is 6.35. The van der Waals surface area contributed by atoms with Gasteiger partial charge < -0.3 is 14.2 Å². The van der Waals surface area contributed by atoms with Crippen LogP contribution >= 0.6 is 0 Å². The zero-order chi connectivity index (χ0) is 14.3. The van der Waals surface area contributed by atoms with Gasteiger partial charge in [-0.1, -0.05) is 38.7 Å². The molecule has 2 saturated heterocycles. The average molecular weight is 282 g/mol. The minimum atomic E-state index is -0.494. The summed E-state index contributed by atoms with van der Waals surface area (Å²) in [6.07, 6.45) is 12.7. The second-order valence-corrected chi connectivity index (χ2v) is 6.02. The van der Waals surface area contributed by atoms with Gasteiger partial charge in [0.05, 0.1) is 19.3 Å². The Labute approximate surface area is 123 Å². The Balaban J connectivity index is 1.89. The predicted molar refractivity (Wildman–Crippen MR) is 80.7 cm³/mol. The molecule has 2 atom stereocenters. The summed E-state index contributed by atoms with van der Waals surface area (Å²) in [6, 6.07) is 0. The summed E-state index contributed by atoms with van der Waals surface area (Å²) in [5, 5.41) is 0. The van der Waals surface area contributed by atoms with Crippen LogP contribution in [-0.4, -0.2) is 31.2 Å². The molecule has 0 aromatic carbocycles. The minimum Gasteiger partial charge on any atom is -0.369 e. The Morgan fingerprint density at radius 3 is 2.70 bits per heavy atom. The first-order valence-electron chi connectivity index (χ1n) is 8.35. The molecule has 0 bridgehead atoms. The number of ether oxygens (including phenoxy) is 3. The van der Waals surface area contributed by atoms with Crippen LogP contribution in [0.5, 0.6) is 0 Å². The molecule has 2 fully saturated rings. The summed E-state index contributed by atoms with van der Waals surface area (Å²) in [4.78, 5) is 0. The van der Waals surface area contributed by atoms with Crippen molar-refractivity contribution in [3.05, 3.63) is 12.7 Å². The summed E-state index contributed by atoms with van der Waals surface area (Å²) in [6.45, 7) is 7.50. The Morgan fingerprint density at radius 1 is 1.20 bits per heavy atom. The van der Waals surface area contributed by atoms with E-state index in [0.717, 1.165) is 25.7 Å². The van der Waals surface area contributed by atoms with E-state index in [4.69, 9.17) is 14.2 Å². The van der Waals surface area contributed by atoms with Gasteiger partial charge in [0.25, 0.3) is 0 Å². The Hall–Kier alpha value is -0.380. The molecule has 1 spiro atoms. The Kier molecular flexibility index (Phi) is 6.53. The fraction of sp³-hybridized carbons (Fsp3) is 0.882. The average Bonchev–Trinajstić information content (AvgIpc) is 2.85. The van der Waals surface area contributed by atoms with Crippen molar-refractivity contribution in [1.29, 1.82) is 0 Å². The van der Waals surface area contributed by atoms with E-state index >= 15 is 0 Å². The maximum Gasteiger partial charge on any atom is 0.195 e. The van der Waals surface area contributed by atoms with Gasteiger partial charge >= 0.3 is 0 Å². The van der Waals surface area contributed by atoms with Gasteiger partial charge in [-0.25, -0.2) is 0 Å². The second kappa shape index (κ2) is 8.16. The van der Waals surface area contributed by atoms with Gasteiger partial charge in [0.2, 0.25) is 0 Å². The summed E-state index contributed by atoms with van der Waals surface area (Å²) in [7, 11) is 0. The molecule has 116 valence electrons. The lowest BCUT2D eigenvalue weighted by atomic mass is 10.0. The van der Waals surface area contributed by atoms with Gasteiger partial charge in [-0.3, -0.25) is 0 Å². The van der Waals surface area contributed by atoms with E-state index in [9.17, 15) is 0 Å². The molecule has 0 aromatic heterocycles. The summed E-state index contributed by atoms with van der Waals surface area (Å²) in [5.41, 5.74) is 0. The zero-order valence-corrected chi connectivity index (χ0v) is 12.9.